The van der Waals surface area contributed by atoms with Crippen LogP contribution in [-0.4, -0.2) is 74.8 Å². The van der Waals surface area contributed by atoms with E-state index in [1.165, 1.54) is 0 Å². The Morgan fingerprint density at radius 3 is 2.60 bits per heavy atom. The summed E-state index contributed by atoms with van der Waals surface area (Å²) in [6, 6.07) is 15.8. The van der Waals surface area contributed by atoms with Crippen molar-refractivity contribution in [3.8, 4) is 0 Å². The topological polar surface area (TPSA) is 98.0 Å². The van der Waals surface area contributed by atoms with Gasteiger partial charge in [0.25, 0.3) is 11.8 Å². The van der Waals surface area contributed by atoms with Gasteiger partial charge in [-0.25, -0.2) is 5.48 Å². The quantitative estimate of drug-likeness (QED) is 0.360. The molecule has 35 heavy (non-hydrogen) atoms. The normalized spacial score (nSPS) is 20.4. The smallest absolute Gasteiger partial charge is 0.274 e. The summed E-state index contributed by atoms with van der Waals surface area (Å²) < 4.78 is 2.21. The molecule has 3 heterocycles. The average molecular weight is 477 g/mol. The van der Waals surface area contributed by atoms with Crippen molar-refractivity contribution in [1.29, 1.82) is 0 Å². The number of amides is 2. The summed E-state index contributed by atoms with van der Waals surface area (Å²) >= 11 is 0. The maximum Gasteiger partial charge on any atom is 0.274 e. The molecular weight excluding hydrogens is 444 g/mol. The van der Waals surface area contributed by atoms with Gasteiger partial charge in [0.05, 0.1) is 12.2 Å². The Morgan fingerprint density at radius 1 is 1.09 bits per heavy atom. The predicted molar refractivity (Wildman–Crippen MR) is 133 cm³/mol. The van der Waals surface area contributed by atoms with Crippen molar-refractivity contribution in [2.45, 2.75) is 44.8 Å². The number of rotatable bonds is 7. The maximum atomic E-state index is 13.7. The Morgan fingerprint density at radius 2 is 1.86 bits per heavy atom. The van der Waals surface area contributed by atoms with Crippen molar-refractivity contribution < 1.29 is 19.9 Å². The molecular formula is C27H32N4O4. The molecule has 3 N–H and O–H groups in total. The van der Waals surface area contributed by atoms with Gasteiger partial charge in [0.2, 0.25) is 0 Å². The van der Waals surface area contributed by atoms with Crippen LogP contribution in [0.25, 0.3) is 10.9 Å². The summed E-state index contributed by atoms with van der Waals surface area (Å²) in [6.07, 6.45) is 2.87. The third-order valence-corrected chi connectivity index (χ3v) is 7.65. The van der Waals surface area contributed by atoms with Gasteiger partial charge in [0.15, 0.2) is 0 Å². The summed E-state index contributed by atoms with van der Waals surface area (Å²) in [5, 5.41) is 19.5. The van der Waals surface area contributed by atoms with E-state index in [0.29, 0.717) is 31.2 Å². The zero-order valence-electron chi connectivity index (χ0n) is 20.0. The zero-order valence-corrected chi connectivity index (χ0v) is 20.0. The van der Waals surface area contributed by atoms with Crippen LogP contribution in [0.15, 0.2) is 48.5 Å². The molecule has 3 aromatic rings. The number of hydroxylamine groups is 1. The van der Waals surface area contributed by atoms with E-state index in [2.05, 4.69) is 22.5 Å². The SMILES string of the molecule is CC1CCC(CO)N1CCN1CCc2c(c3ccccc3n2Cc2ccc(C(=O)NO)cc2)C1=O. The van der Waals surface area contributed by atoms with E-state index in [1.807, 2.05) is 35.2 Å². The number of para-hydroxylation sites is 1. The molecule has 2 amide bonds. The van der Waals surface area contributed by atoms with Gasteiger partial charge in [0.1, 0.15) is 0 Å². The molecule has 2 aliphatic heterocycles. The van der Waals surface area contributed by atoms with Gasteiger partial charge < -0.3 is 14.6 Å². The number of likely N-dealkylation sites (tertiary alicyclic amines) is 1. The lowest BCUT2D eigenvalue weighted by atomic mass is 10.0. The lowest BCUT2D eigenvalue weighted by Crippen LogP contribution is -2.46. The van der Waals surface area contributed by atoms with E-state index in [0.717, 1.165) is 53.5 Å². The number of hydrogen-bond donors (Lipinski definition) is 3. The third-order valence-electron chi connectivity index (χ3n) is 7.65. The number of nitrogens with zero attached hydrogens (tertiary/aromatic N) is 3. The zero-order chi connectivity index (χ0) is 24.5. The lowest BCUT2D eigenvalue weighted by Gasteiger charge is -2.33. The first-order valence-electron chi connectivity index (χ1n) is 12.3. The van der Waals surface area contributed by atoms with Crippen molar-refractivity contribution >= 4 is 22.7 Å². The second kappa shape index (κ2) is 9.81. The van der Waals surface area contributed by atoms with Gasteiger partial charge >= 0.3 is 0 Å². The molecule has 5 rings (SSSR count). The maximum absolute atomic E-state index is 13.7. The fourth-order valence-corrected chi connectivity index (χ4v) is 5.72. The number of aromatic nitrogens is 1. The Kier molecular flexibility index (Phi) is 6.60. The number of carbonyl (C=O) groups excluding carboxylic acids is 2. The minimum absolute atomic E-state index is 0.0727. The molecule has 8 nitrogen and oxygen atoms in total. The Hall–Kier alpha value is -3.20. The molecule has 2 unspecified atom stereocenters. The van der Waals surface area contributed by atoms with Crippen LogP contribution in [-0.2, 0) is 13.0 Å². The van der Waals surface area contributed by atoms with Crippen molar-refractivity contribution in [2.24, 2.45) is 0 Å². The van der Waals surface area contributed by atoms with Crippen LogP contribution in [0.1, 0.15) is 51.7 Å². The number of nitrogens with one attached hydrogen (secondary N) is 1. The summed E-state index contributed by atoms with van der Waals surface area (Å²) in [4.78, 5) is 29.6. The van der Waals surface area contributed by atoms with Crippen molar-refractivity contribution in [3.05, 3.63) is 70.9 Å². The van der Waals surface area contributed by atoms with Gasteiger partial charge in [-0.15, -0.1) is 0 Å². The molecule has 184 valence electrons. The van der Waals surface area contributed by atoms with Crippen LogP contribution in [0.5, 0.6) is 0 Å². The minimum Gasteiger partial charge on any atom is -0.395 e. The molecule has 2 atom stereocenters. The van der Waals surface area contributed by atoms with Gasteiger partial charge in [0, 0.05) is 66.8 Å². The highest BCUT2D eigenvalue weighted by Crippen LogP contribution is 2.32. The third kappa shape index (κ3) is 4.33. The number of aliphatic hydroxyl groups is 1. The molecule has 2 aromatic carbocycles. The summed E-state index contributed by atoms with van der Waals surface area (Å²) in [7, 11) is 0. The molecule has 1 fully saturated rings. The van der Waals surface area contributed by atoms with E-state index in [-0.39, 0.29) is 18.6 Å². The first kappa shape index (κ1) is 23.5. The van der Waals surface area contributed by atoms with Crippen LogP contribution in [0.2, 0.25) is 0 Å². The fourth-order valence-electron chi connectivity index (χ4n) is 5.72. The molecule has 0 bridgehead atoms. The largest absolute Gasteiger partial charge is 0.395 e. The van der Waals surface area contributed by atoms with E-state index in [1.54, 1.807) is 17.6 Å². The molecule has 0 spiro atoms. The Labute approximate surface area is 204 Å². The van der Waals surface area contributed by atoms with E-state index < -0.39 is 5.91 Å². The van der Waals surface area contributed by atoms with E-state index in [4.69, 9.17) is 5.21 Å². The molecule has 0 aliphatic carbocycles. The van der Waals surface area contributed by atoms with Gasteiger partial charge in [-0.05, 0) is 43.5 Å². The average Bonchev–Trinajstić information content (AvgIpc) is 3.41. The highest BCUT2D eigenvalue weighted by molar-refractivity contribution is 6.09. The highest BCUT2D eigenvalue weighted by Gasteiger charge is 2.33. The lowest BCUT2D eigenvalue weighted by molar-refractivity contribution is 0.0680. The first-order chi connectivity index (χ1) is 17.0. The standard InChI is InChI=1S/C27H32N4O4/c1-18-6-11-21(17-32)30(18)15-14-29-13-12-24-25(27(29)34)22-4-2-3-5-23(22)31(24)16-19-7-9-20(10-8-19)26(33)28-35/h2-5,7-10,18,21,32,35H,6,11-17H2,1H3,(H,28,33). The number of benzene rings is 2. The van der Waals surface area contributed by atoms with Gasteiger partial charge in [-0.3, -0.25) is 19.7 Å². The van der Waals surface area contributed by atoms with Crippen LogP contribution in [0, 0.1) is 0 Å². The summed E-state index contributed by atoms with van der Waals surface area (Å²) in [6.45, 7) is 5.06. The number of aliphatic hydroxyl groups excluding tert-OH is 1. The second-order valence-electron chi connectivity index (χ2n) is 9.61. The minimum atomic E-state index is -0.542. The first-order valence-corrected chi connectivity index (χ1v) is 12.3. The van der Waals surface area contributed by atoms with Crippen molar-refractivity contribution in [2.75, 3.05) is 26.2 Å². The molecule has 0 radical (unpaired) electrons. The fraction of sp³-hybridized carbons (Fsp3) is 0.407. The summed E-state index contributed by atoms with van der Waals surface area (Å²) in [5.74, 6) is -0.469. The number of carbonyl (C=O) groups is 2. The van der Waals surface area contributed by atoms with Crippen LogP contribution in [0.3, 0.4) is 0 Å². The van der Waals surface area contributed by atoms with E-state index >= 15 is 0 Å². The van der Waals surface area contributed by atoms with Crippen LogP contribution >= 0.6 is 0 Å². The van der Waals surface area contributed by atoms with Crippen LogP contribution < -0.4 is 5.48 Å². The second-order valence-corrected chi connectivity index (χ2v) is 9.61. The Balaban J connectivity index is 1.40. The Bertz CT molecular complexity index is 1240. The van der Waals surface area contributed by atoms with Crippen molar-refractivity contribution in [1.82, 2.24) is 19.8 Å². The monoisotopic (exact) mass is 476 g/mol. The van der Waals surface area contributed by atoms with Gasteiger partial charge in [-0.1, -0.05) is 30.3 Å². The summed E-state index contributed by atoms with van der Waals surface area (Å²) in [5.41, 5.74) is 5.91. The number of hydrogen-bond acceptors (Lipinski definition) is 5. The van der Waals surface area contributed by atoms with Gasteiger partial charge in [-0.2, -0.15) is 0 Å². The molecule has 0 saturated carbocycles. The highest BCUT2D eigenvalue weighted by atomic mass is 16.5. The van der Waals surface area contributed by atoms with Crippen molar-refractivity contribution in [3.63, 3.8) is 0 Å². The molecule has 8 heteroatoms. The molecule has 1 saturated heterocycles. The molecule has 2 aliphatic rings. The number of fused-ring (bicyclic) bond motifs is 3. The molecule has 1 aromatic heterocycles. The predicted octanol–water partition coefficient (Wildman–Crippen LogP) is 2.65. The van der Waals surface area contributed by atoms with E-state index in [9.17, 15) is 14.7 Å². The van der Waals surface area contributed by atoms with Crippen LogP contribution in [0.4, 0.5) is 0 Å².